The predicted octanol–water partition coefficient (Wildman–Crippen LogP) is 3.35. The molecule has 5 heteroatoms. The number of nitrogens with zero attached hydrogens (tertiary/aromatic N) is 1. The smallest absolute Gasteiger partial charge is 0.222 e. The number of aryl methyl sites for hydroxylation is 1. The number of likely N-dealkylation sites (N-methyl/N-ethyl adjacent to an activating group) is 1. The number of aliphatic hydroxyl groups is 1. The molecule has 0 aromatic heterocycles. The topological polar surface area (TPSA) is 49.8 Å². The van der Waals surface area contributed by atoms with E-state index in [1.165, 1.54) is 12.1 Å². The highest BCUT2D eigenvalue weighted by Gasteiger charge is 2.15. The van der Waals surface area contributed by atoms with Gasteiger partial charge in [0.05, 0.1) is 19.8 Å². The fourth-order valence-electron chi connectivity index (χ4n) is 2.58. The lowest BCUT2D eigenvalue weighted by atomic mass is 10.1. The van der Waals surface area contributed by atoms with Crippen molar-refractivity contribution in [3.05, 3.63) is 65.5 Å². The minimum Gasteiger partial charge on any atom is -0.497 e. The fraction of sp³-hybridized carbons (Fsp3) is 0.350. The molecule has 2 aromatic carbocycles. The Morgan fingerprint density at radius 3 is 2.40 bits per heavy atom. The second kappa shape index (κ2) is 9.18. The summed E-state index contributed by atoms with van der Waals surface area (Å²) < 4.78 is 17.9. The number of hydrogen-bond donors (Lipinski definition) is 1. The lowest BCUT2D eigenvalue weighted by Crippen LogP contribution is -2.31. The monoisotopic (exact) mass is 345 g/mol. The van der Waals surface area contributed by atoms with Crippen LogP contribution >= 0.6 is 0 Å². The van der Waals surface area contributed by atoms with E-state index in [0.29, 0.717) is 12.8 Å². The van der Waals surface area contributed by atoms with E-state index in [4.69, 9.17) is 4.74 Å². The number of carbonyl (C=O) groups excluding carboxylic acids is 1. The van der Waals surface area contributed by atoms with E-state index in [1.54, 1.807) is 55.5 Å². The lowest BCUT2D eigenvalue weighted by molar-refractivity contribution is -0.131. The van der Waals surface area contributed by atoms with Crippen LogP contribution in [0.25, 0.3) is 0 Å². The van der Waals surface area contributed by atoms with E-state index in [1.807, 2.05) is 0 Å². The Morgan fingerprint density at radius 1 is 1.16 bits per heavy atom. The van der Waals surface area contributed by atoms with Gasteiger partial charge in [-0.05, 0) is 48.2 Å². The fourth-order valence-corrected chi connectivity index (χ4v) is 2.58. The summed E-state index contributed by atoms with van der Waals surface area (Å²) in [4.78, 5) is 13.7. The SMILES string of the molecule is COc1ccc(C(O)CN(C)C(=O)CCCc2ccc(F)cc2)cc1. The summed E-state index contributed by atoms with van der Waals surface area (Å²) in [5, 5.41) is 10.3. The number of amides is 1. The van der Waals surface area contributed by atoms with Crippen LogP contribution < -0.4 is 4.74 Å². The van der Waals surface area contributed by atoms with Crippen molar-refractivity contribution in [2.24, 2.45) is 0 Å². The number of rotatable bonds is 8. The van der Waals surface area contributed by atoms with Gasteiger partial charge < -0.3 is 14.7 Å². The maximum Gasteiger partial charge on any atom is 0.222 e. The molecule has 2 rings (SSSR count). The highest BCUT2D eigenvalue weighted by Crippen LogP contribution is 2.18. The van der Waals surface area contributed by atoms with Crippen LogP contribution in [0.5, 0.6) is 5.75 Å². The summed E-state index contributed by atoms with van der Waals surface area (Å²) in [5.41, 5.74) is 1.75. The molecule has 0 aliphatic heterocycles. The van der Waals surface area contributed by atoms with Gasteiger partial charge in [-0.2, -0.15) is 0 Å². The zero-order valence-electron chi connectivity index (χ0n) is 14.6. The van der Waals surface area contributed by atoms with Gasteiger partial charge in [-0.3, -0.25) is 4.79 Å². The number of benzene rings is 2. The Bertz CT molecular complexity index is 670. The van der Waals surface area contributed by atoms with E-state index in [2.05, 4.69) is 0 Å². The molecule has 4 nitrogen and oxygen atoms in total. The molecule has 1 atom stereocenters. The molecule has 0 aliphatic rings. The minimum atomic E-state index is -0.739. The predicted molar refractivity (Wildman–Crippen MR) is 94.9 cm³/mol. The number of aliphatic hydroxyl groups excluding tert-OH is 1. The van der Waals surface area contributed by atoms with Crippen LogP contribution in [-0.4, -0.2) is 36.6 Å². The largest absolute Gasteiger partial charge is 0.497 e. The van der Waals surface area contributed by atoms with Gasteiger partial charge in [0, 0.05) is 13.5 Å². The van der Waals surface area contributed by atoms with Gasteiger partial charge in [0.25, 0.3) is 0 Å². The van der Waals surface area contributed by atoms with Crippen LogP contribution in [0.4, 0.5) is 4.39 Å². The summed E-state index contributed by atoms with van der Waals surface area (Å²) >= 11 is 0. The van der Waals surface area contributed by atoms with Gasteiger partial charge in [-0.1, -0.05) is 24.3 Å². The van der Waals surface area contributed by atoms with Crippen molar-refractivity contribution in [1.29, 1.82) is 0 Å². The first-order valence-electron chi connectivity index (χ1n) is 8.30. The number of methoxy groups -OCH3 is 1. The van der Waals surface area contributed by atoms with E-state index in [0.717, 1.165) is 23.3 Å². The number of hydrogen-bond acceptors (Lipinski definition) is 3. The third-order valence-corrected chi connectivity index (χ3v) is 4.14. The summed E-state index contributed by atoms with van der Waals surface area (Å²) in [6.45, 7) is 0.238. The maximum absolute atomic E-state index is 12.9. The Hall–Kier alpha value is -2.40. The summed E-state index contributed by atoms with van der Waals surface area (Å²) in [7, 11) is 3.27. The Balaban J connectivity index is 1.77. The molecule has 1 amide bonds. The van der Waals surface area contributed by atoms with Crippen molar-refractivity contribution in [3.63, 3.8) is 0 Å². The second-order valence-corrected chi connectivity index (χ2v) is 6.04. The van der Waals surface area contributed by atoms with E-state index in [-0.39, 0.29) is 18.3 Å². The Morgan fingerprint density at radius 2 is 1.80 bits per heavy atom. The van der Waals surface area contributed by atoms with Crippen LogP contribution in [0.3, 0.4) is 0 Å². The van der Waals surface area contributed by atoms with E-state index in [9.17, 15) is 14.3 Å². The van der Waals surface area contributed by atoms with Crippen LogP contribution in [0.2, 0.25) is 0 Å². The number of halogens is 1. The molecule has 0 radical (unpaired) electrons. The van der Waals surface area contributed by atoms with Crippen molar-refractivity contribution in [1.82, 2.24) is 4.90 Å². The molecule has 0 saturated heterocycles. The van der Waals surface area contributed by atoms with E-state index < -0.39 is 6.10 Å². The van der Waals surface area contributed by atoms with Crippen molar-refractivity contribution in [2.75, 3.05) is 20.7 Å². The van der Waals surface area contributed by atoms with Crippen LogP contribution in [0.1, 0.15) is 30.1 Å². The van der Waals surface area contributed by atoms with Gasteiger partial charge in [0.2, 0.25) is 5.91 Å². The molecule has 2 aromatic rings. The molecule has 0 saturated carbocycles. The molecule has 0 spiro atoms. The lowest BCUT2D eigenvalue weighted by Gasteiger charge is -2.21. The first kappa shape index (κ1) is 18.9. The third-order valence-electron chi connectivity index (χ3n) is 4.14. The highest BCUT2D eigenvalue weighted by molar-refractivity contribution is 5.75. The van der Waals surface area contributed by atoms with Crippen molar-refractivity contribution < 1.29 is 19.0 Å². The van der Waals surface area contributed by atoms with Crippen molar-refractivity contribution in [2.45, 2.75) is 25.4 Å². The molecule has 0 fully saturated rings. The van der Waals surface area contributed by atoms with Crippen LogP contribution in [0.15, 0.2) is 48.5 Å². The molecular weight excluding hydrogens is 321 g/mol. The zero-order chi connectivity index (χ0) is 18.2. The Labute approximate surface area is 147 Å². The second-order valence-electron chi connectivity index (χ2n) is 6.04. The maximum atomic E-state index is 12.9. The standard InChI is InChI=1S/C20H24FNO3/c1-22(14-19(23)16-8-12-18(25-2)13-9-16)20(24)5-3-4-15-6-10-17(21)11-7-15/h6-13,19,23H,3-5,14H2,1-2H3. The molecule has 1 unspecified atom stereocenters. The molecule has 0 heterocycles. The molecule has 0 bridgehead atoms. The Kier molecular flexibility index (Phi) is 6.95. The van der Waals surface area contributed by atoms with Crippen LogP contribution in [0, 0.1) is 5.82 Å². The summed E-state index contributed by atoms with van der Waals surface area (Å²) in [6, 6.07) is 13.5. The molecule has 1 N–H and O–H groups in total. The number of carbonyl (C=O) groups is 1. The van der Waals surface area contributed by atoms with Crippen molar-refractivity contribution >= 4 is 5.91 Å². The zero-order valence-corrected chi connectivity index (χ0v) is 14.6. The average molecular weight is 345 g/mol. The first-order chi connectivity index (χ1) is 12.0. The third kappa shape index (κ3) is 5.87. The molecule has 0 aliphatic carbocycles. The number of ether oxygens (including phenoxy) is 1. The van der Waals surface area contributed by atoms with Gasteiger partial charge in [0.15, 0.2) is 0 Å². The van der Waals surface area contributed by atoms with Crippen molar-refractivity contribution in [3.8, 4) is 5.75 Å². The molecule has 25 heavy (non-hydrogen) atoms. The summed E-state index contributed by atoms with van der Waals surface area (Å²) in [5.74, 6) is 0.447. The average Bonchev–Trinajstić information content (AvgIpc) is 2.63. The minimum absolute atomic E-state index is 0.0188. The van der Waals surface area contributed by atoms with Gasteiger partial charge in [0.1, 0.15) is 11.6 Å². The van der Waals surface area contributed by atoms with Crippen LogP contribution in [-0.2, 0) is 11.2 Å². The summed E-state index contributed by atoms with van der Waals surface area (Å²) in [6.07, 6.45) is 1.06. The molecule has 134 valence electrons. The first-order valence-corrected chi connectivity index (χ1v) is 8.30. The van der Waals surface area contributed by atoms with Gasteiger partial charge in [-0.25, -0.2) is 4.39 Å². The normalized spacial score (nSPS) is 11.8. The highest BCUT2D eigenvalue weighted by atomic mass is 19.1. The van der Waals surface area contributed by atoms with E-state index >= 15 is 0 Å². The van der Waals surface area contributed by atoms with Gasteiger partial charge in [-0.15, -0.1) is 0 Å². The van der Waals surface area contributed by atoms with Gasteiger partial charge >= 0.3 is 0 Å². The quantitative estimate of drug-likeness (QED) is 0.798. The molecular formula is C20H24FNO3.